The van der Waals surface area contributed by atoms with Crippen LogP contribution in [-0.4, -0.2) is 21.4 Å². The van der Waals surface area contributed by atoms with Gasteiger partial charge in [0, 0.05) is 56.8 Å². The molecule has 8 nitrogen and oxygen atoms in total. The third-order valence-electron chi connectivity index (χ3n) is 8.28. The molecule has 8 rings (SSSR count). The van der Waals surface area contributed by atoms with Gasteiger partial charge in [-0.3, -0.25) is 29.8 Å². The zero-order valence-corrected chi connectivity index (χ0v) is 21.6. The summed E-state index contributed by atoms with van der Waals surface area (Å²) in [5, 5.41) is 26.6. The van der Waals surface area contributed by atoms with E-state index in [-0.39, 0.29) is 28.5 Å². The van der Waals surface area contributed by atoms with E-state index in [1.54, 1.807) is 30.3 Å². The van der Waals surface area contributed by atoms with Gasteiger partial charge in [0.1, 0.15) is 5.56 Å². The van der Waals surface area contributed by atoms with Crippen molar-refractivity contribution in [1.29, 1.82) is 0 Å². The lowest BCUT2D eigenvalue weighted by molar-refractivity contribution is -0.385. The van der Waals surface area contributed by atoms with Gasteiger partial charge in [0.05, 0.1) is 9.85 Å². The highest BCUT2D eigenvalue weighted by Gasteiger charge is 2.33. The van der Waals surface area contributed by atoms with Crippen LogP contribution >= 0.6 is 0 Å². The molecule has 2 aliphatic carbocycles. The highest BCUT2D eigenvalue weighted by Crippen LogP contribution is 2.47. The number of non-ortho nitro benzene ring substituents is 1. The molecule has 0 saturated carbocycles. The molecule has 0 heterocycles. The lowest BCUT2D eigenvalue weighted by Gasteiger charge is -2.23. The fourth-order valence-electron chi connectivity index (χ4n) is 6.49. The largest absolute Gasteiger partial charge is 0.289 e. The summed E-state index contributed by atoms with van der Waals surface area (Å²) in [6.07, 6.45) is 0. The number of nitrogens with zero attached hydrogens (tertiary/aromatic N) is 2. The first-order valence-electron chi connectivity index (χ1n) is 13.1. The molecule has 0 radical (unpaired) electrons. The van der Waals surface area contributed by atoms with E-state index in [1.807, 2.05) is 42.5 Å². The first-order valence-corrected chi connectivity index (χ1v) is 13.1. The Morgan fingerprint density at radius 3 is 1.67 bits per heavy atom. The van der Waals surface area contributed by atoms with Crippen molar-refractivity contribution in [2.45, 2.75) is 0 Å². The molecule has 0 spiro atoms. The molecule has 8 heteroatoms. The van der Waals surface area contributed by atoms with E-state index < -0.39 is 9.85 Å². The topological polar surface area (TPSA) is 120 Å². The number of carbonyl (C=O) groups is 2. The van der Waals surface area contributed by atoms with Crippen LogP contribution in [0.4, 0.5) is 11.4 Å². The predicted molar refractivity (Wildman–Crippen MR) is 158 cm³/mol. The van der Waals surface area contributed by atoms with Crippen LogP contribution in [-0.2, 0) is 0 Å². The van der Waals surface area contributed by atoms with Gasteiger partial charge in [-0.15, -0.1) is 0 Å². The number of rotatable bonds is 3. The van der Waals surface area contributed by atoms with Crippen molar-refractivity contribution in [3.8, 4) is 33.4 Å². The van der Waals surface area contributed by atoms with E-state index in [2.05, 4.69) is 0 Å². The van der Waals surface area contributed by atoms with Crippen LogP contribution < -0.4 is 0 Å². The van der Waals surface area contributed by atoms with Crippen molar-refractivity contribution in [3.63, 3.8) is 0 Å². The maximum atomic E-state index is 13.5. The number of carbonyl (C=O) groups excluding carboxylic acids is 2. The molecule has 2 aliphatic rings. The van der Waals surface area contributed by atoms with Gasteiger partial charge in [-0.25, -0.2) is 0 Å². The maximum Gasteiger partial charge on any atom is 0.281 e. The molecule has 6 aromatic rings. The summed E-state index contributed by atoms with van der Waals surface area (Å²) in [4.78, 5) is 49.3. The molecule has 42 heavy (non-hydrogen) atoms. The highest BCUT2D eigenvalue weighted by atomic mass is 16.6. The van der Waals surface area contributed by atoms with Crippen LogP contribution in [0, 0.1) is 20.2 Å². The molecule has 0 N–H and O–H groups in total. The van der Waals surface area contributed by atoms with Gasteiger partial charge in [-0.1, -0.05) is 48.5 Å². The molecule has 0 bridgehead atoms. The molecule has 0 aromatic heterocycles. The molecule has 0 saturated heterocycles. The van der Waals surface area contributed by atoms with Crippen molar-refractivity contribution in [2.24, 2.45) is 0 Å². The highest BCUT2D eigenvalue weighted by molar-refractivity contribution is 6.28. The van der Waals surface area contributed by atoms with Gasteiger partial charge >= 0.3 is 0 Å². The minimum absolute atomic E-state index is 0.0673. The van der Waals surface area contributed by atoms with Gasteiger partial charge in [0.2, 0.25) is 5.78 Å². The Hall–Kier alpha value is -6.02. The summed E-state index contributed by atoms with van der Waals surface area (Å²) in [5.41, 5.74) is 5.08. The number of nitro benzene ring substituents is 2. The third kappa shape index (κ3) is 3.11. The van der Waals surface area contributed by atoms with Crippen LogP contribution in [0.25, 0.3) is 54.9 Å². The van der Waals surface area contributed by atoms with E-state index in [0.717, 1.165) is 32.7 Å². The fourth-order valence-corrected chi connectivity index (χ4v) is 6.49. The van der Waals surface area contributed by atoms with Crippen molar-refractivity contribution in [3.05, 3.63) is 140 Å². The predicted octanol–water partition coefficient (Wildman–Crippen LogP) is 7.90. The first kappa shape index (κ1) is 23.8. The Bertz CT molecular complexity index is 2250. The second-order valence-electron chi connectivity index (χ2n) is 10.5. The van der Waals surface area contributed by atoms with E-state index in [1.165, 1.54) is 24.3 Å². The summed E-state index contributed by atoms with van der Waals surface area (Å²) < 4.78 is 0. The Morgan fingerprint density at radius 1 is 0.476 bits per heavy atom. The minimum atomic E-state index is -0.532. The standard InChI is InChI=1S/C34H16N2O6/c37-33-23-11-10-21(35(39)40)16-26(23)28-15-20(12-17-4-1-7-24(33)30(17)28)19-13-18-5-2-8-25-31(18)27(14-19)22-6-3-9-29(36(41)42)32(22)34(25)38/h1-16H. The second kappa shape index (κ2) is 8.25. The van der Waals surface area contributed by atoms with E-state index >= 15 is 0 Å². The molecular formula is C34H16N2O6. The number of ketones is 2. The monoisotopic (exact) mass is 548 g/mol. The third-order valence-corrected chi connectivity index (χ3v) is 8.28. The summed E-state index contributed by atoms with van der Waals surface area (Å²) >= 11 is 0. The Morgan fingerprint density at radius 2 is 1.05 bits per heavy atom. The lowest BCUT2D eigenvalue weighted by Crippen LogP contribution is -2.12. The van der Waals surface area contributed by atoms with Gasteiger partial charge < -0.3 is 0 Å². The van der Waals surface area contributed by atoms with Crippen LogP contribution in [0.2, 0.25) is 0 Å². The fraction of sp³-hybridized carbons (Fsp3) is 0. The summed E-state index contributed by atoms with van der Waals surface area (Å²) in [5.74, 6) is -0.565. The molecular weight excluding hydrogens is 532 g/mol. The number of hydrogen-bond acceptors (Lipinski definition) is 6. The van der Waals surface area contributed by atoms with Crippen LogP contribution in [0.1, 0.15) is 31.8 Å². The average Bonchev–Trinajstić information content (AvgIpc) is 3.00. The quantitative estimate of drug-likeness (QED) is 0.163. The van der Waals surface area contributed by atoms with Crippen LogP contribution in [0.5, 0.6) is 0 Å². The SMILES string of the molecule is O=C1c2ccc([N+](=O)[O-])cc2-c2cc(-c3cc4c5c(cccc5c3)C(=O)c3c-4cccc3[N+](=O)[O-])cc3cccc1c23. The number of hydrogen-bond donors (Lipinski definition) is 0. The summed E-state index contributed by atoms with van der Waals surface area (Å²) in [6.45, 7) is 0. The van der Waals surface area contributed by atoms with Crippen molar-refractivity contribution in [2.75, 3.05) is 0 Å². The summed E-state index contributed by atoms with van der Waals surface area (Å²) in [6, 6.07) is 27.6. The number of fused-ring (bicyclic) bond motifs is 4. The number of nitro groups is 2. The van der Waals surface area contributed by atoms with Gasteiger partial charge in [0.15, 0.2) is 5.78 Å². The van der Waals surface area contributed by atoms with Crippen LogP contribution in [0.15, 0.2) is 97.1 Å². The normalized spacial score (nSPS) is 12.8. The molecule has 0 amide bonds. The smallest absolute Gasteiger partial charge is 0.281 e. The van der Waals surface area contributed by atoms with Crippen molar-refractivity contribution < 1.29 is 19.4 Å². The van der Waals surface area contributed by atoms with Gasteiger partial charge in [-0.05, 0) is 63.4 Å². The van der Waals surface area contributed by atoms with Gasteiger partial charge in [-0.2, -0.15) is 0 Å². The van der Waals surface area contributed by atoms with E-state index in [0.29, 0.717) is 38.9 Å². The van der Waals surface area contributed by atoms with Crippen molar-refractivity contribution in [1.82, 2.24) is 0 Å². The Balaban J connectivity index is 1.44. The maximum absolute atomic E-state index is 13.5. The van der Waals surface area contributed by atoms with E-state index in [4.69, 9.17) is 0 Å². The van der Waals surface area contributed by atoms with Gasteiger partial charge in [0.25, 0.3) is 11.4 Å². The average molecular weight is 549 g/mol. The molecule has 0 fully saturated rings. The zero-order chi connectivity index (χ0) is 28.9. The molecule has 198 valence electrons. The molecule has 0 unspecified atom stereocenters. The second-order valence-corrected chi connectivity index (χ2v) is 10.5. The zero-order valence-electron chi connectivity index (χ0n) is 21.6. The van der Waals surface area contributed by atoms with Crippen LogP contribution in [0.3, 0.4) is 0 Å². The Labute approximate surface area is 236 Å². The number of benzene rings is 6. The Kier molecular flexibility index (Phi) is 4.68. The van der Waals surface area contributed by atoms with E-state index in [9.17, 15) is 29.8 Å². The molecule has 0 atom stereocenters. The first-order chi connectivity index (χ1) is 20.3. The molecule has 0 aliphatic heterocycles. The molecule has 6 aromatic carbocycles. The van der Waals surface area contributed by atoms with Crippen molar-refractivity contribution >= 4 is 44.5 Å². The minimum Gasteiger partial charge on any atom is -0.289 e. The lowest BCUT2D eigenvalue weighted by atomic mass is 9.79. The summed E-state index contributed by atoms with van der Waals surface area (Å²) in [7, 11) is 0.